The molecular weight excluding hydrogens is 152 g/mol. The molecule has 0 spiro atoms. The van der Waals surface area contributed by atoms with Crippen molar-refractivity contribution in [1.29, 1.82) is 0 Å². The normalized spacial score (nSPS) is 29.5. The molecule has 4 heteroatoms. The van der Waals surface area contributed by atoms with E-state index in [1.54, 1.807) is 6.33 Å². The van der Waals surface area contributed by atoms with Gasteiger partial charge in [-0.1, -0.05) is 6.92 Å². The third-order valence-electron chi connectivity index (χ3n) is 2.60. The molecule has 4 nitrogen and oxygen atoms in total. The van der Waals surface area contributed by atoms with Crippen molar-refractivity contribution in [2.24, 2.45) is 13.0 Å². The molecule has 12 heavy (non-hydrogen) atoms. The van der Waals surface area contributed by atoms with E-state index in [1.165, 1.54) is 0 Å². The first-order chi connectivity index (χ1) is 5.79. The quantitative estimate of drug-likeness (QED) is 0.645. The fourth-order valence-electron chi connectivity index (χ4n) is 1.78. The maximum Gasteiger partial charge on any atom is 0.137 e. The minimum Gasteiger partial charge on any atom is -0.320 e. The molecule has 1 aromatic rings. The Bertz CT molecular complexity index is 268. The fourth-order valence-corrected chi connectivity index (χ4v) is 1.78. The molecule has 2 rings (SSSR count). The van der Waals surface area contributed by atoms with Gasteiger partial charge in [0.1, 0.15) is 12.2 Å². The first-order valence-corrected chi connectivity index (χ1v) is 4.33. The topological polar surface area (TPSA) is 42.7 Å². The van der Waals surface area contributed by atoms with E-state index in [0.29, 0.717) is 11.8 Å². The molecule has 2 atom stereocenters. The molecule has 2 heterocycles. The third kappa shape index (κ3) is 1.12. The molecule has 0 radical (unpaired) electrons. The van der Waals surface area contributed by atoms with Gasteiger partial charge in [-0.05, 0) is 12.5 Å². The summed E-state index contributed by atoms with van der Waals surface area (Å²) in [6.45, 7) is 4.38. The Labute approximate surface area is 72.0 Å². The second-order valence-corrected chi connectivity index (χ2v) is 3.54. The molecule has 66 valence electrons. The molecule has 0 amide bonds. The van der Waals surface area contributed by atoms with Crippen molar-refractivity contribution >= 4 is 0 Å². The number of hydrogen-bond donors (Lipinski definition) is 1. The smallest absolute Gasteiger partial charge is 0.137 e. The highest BCUT2D eigenvalue weighted by atomic mass is 15.3. The maximum absolute atomic E-state index is 4.12. The zero-order valence-corrected chi connectivity index (χ0v) is 7.49. The summed E-state index contributed by atoms with van der Waals surface area (Å²) >= 11 is 0. The summed E-state index contributed by atoms with van der Waals surface area (Å²) in [5.74, 6) is 2.32. The summed E-state index contributed by atoms with van der Waals surface area (Å²) in [5.41, 5.74) is 0. The monoisotopic (exact) mass is 166 g/mol. The van der Waals surface area contributed by atoms with Gasteiger partial charge in [0, 0.05) is 19.5 Å². The Balaban J connectivity index is 2.24. The first-order valence-electron chi connectivity index (χ1n) is 4.33. The van der Waals surface area contributed by atoms with Gasteiger partial charge >= 0.3 is 0 Å². The first kappa shape index (κ1) is 7.73. The summed E-state index contributed by atoms with van der Waals surface area (Å²) in [4.78, 5) is 0. The molecule has 0 saturated carbocycles. The van der Waals surface area contributed by atoms with Crippen molar-refractivity contribution in [3.8, 4) is 0 Å². The van der Waals surface area contributed by atoms with E-state index in [-0.39, 0.29) is 0 Å². The summed E-state index contributed by atoms with van der Waals surface area (Å²) in [6, 6.07) is 0. The lowest BCUT2D eigenvalue weighted by molar-refractivity contribution is 0.529. The summed E-state index contributed by atoms with van der Waals surface area (Å²) in [6.07, 6.45) is 1.76. The predicted octanol–water partition coefficient (Wildman–Crippen LogP) is 0.138. The number of rotatable bonds is 1. The molecule has 1 saturated heterocycles. The van der Waals surface area contributed by atoms with Crippen molar-refractivity contribution in [3.05, 3.63) is 12.2 Å². The van der Waals surface area contributed by atoms with Crippen LogP contribution in [0.3, 0.4) is 0 Å². The molecule has 1 aromatic heterocycles. The van der Waals surface area contributed by atoms with Crippen LogP contribution in [0, 0.1) is 5.92 Å². The molecule has 1 aliphatic heterocycles. The molecular formula is C8H14N4. The van der Waals surface area contributed by atoms with Gasteiger partial charge in [0.15, 0.2) is 0 Å². The summed E-state index contributed by atoms with van der Waals surface area (Å²) in [7, 11) is 2.00. The molecule has 2 unspecified atom stereocenters. The van der Waals surface area contributed by atoms with Gasteiger partial charge in [0.05, 0.1) is 0 Å². The zero-order chi connectivity index (χ0) is 8.55. The van der Waals surface area contributed by atoms with E-state index in [4.69, 9.17) is 0 Å². The van der Waals surface area contributed by atoms with Crippen molar-refractivity contribution in [1.82, 2.24) is 20.1 Å². The Kier molecular flexibility index (Phi) is 1.84. The second kappa shape index (κ2) is 2.86. The van der Waals surface area contributed by atoms with Crippen LogP contribution in [-0.2, 0) is 7.05 Å². The third-order valence-corrected chi connectivity index (χ3v) is 2.60. The van der Waals surface area contributed by atoms with Gasteiger partial charge < -0.3 is 9.88 Å². The maximum atomic E-state index is 4.12. The van der Waals surface area contributed by atoms with Gasteiger partial charge in [0.25, 0.3) is 0 Å². The lowest BCUT2D eigenvalue weighted by Gasteiger charge is -2.11. The predicted molar refractivity (Wildman–Crippen MR) is 45.8 cm³/mol. The highest BCUT2D eigenvalue weighted by molar-refractivity contribution is 5.02. The van der Waals surface area contributed by atoms with Gasteiger partial charge in [-0.3, -0.25) is 0 Å². The van der Waals surface area contributed by atoms with Crippen LogP contribution in [-0.4, -0.2) is 27.9 Å². The molecule has 0 aromatic carbocycles. The average molecular weight is 166 g/mol. The largest absolute Gasteiger partial charge is 0.320 e. The molecule has 0 bridgehead atoms. The van der Waals surface area contributed by atoms with Gasteiger partial charge in [0.2, 0.25) is 0 Å². The number of nitrogens with zero attached hydrogens (tertiary/aromatic N) is 3. The van der Waals surface area contributed by atoms with E-state index in [9.17, 15) is 0 Å². The van der Waals surface area contributed by atoms with Gasteiger partial charge in [-0.25, -0.2) is 0 Å². The molecule has 1 aliphatic rings. The Morgan fingerprint density at radius 1 is 1.58 bits per heavy atom. The summed E-state index contributed by atoms with van der Waals surface area (Å²) < 4.78 is 2.01. The van der Waals surface area contributed by atoms with Crippen LogP contribution in [0.15, 0.2) is 6.33 Å². The Morgan fingerprint density at radius 3 is 2.92 bits per heavy atom. The standard InChI is InChI=1S/C8H14N4/c1-6-3-9-4-7(6)8-11-10-5-12(8)2/h5-7,9H,3-4H2,1-2H3. The number of hydrogen-bond acceptors (Lipinski definition) is 3. The number of aryl methyl sites for hydroxylation is 1. The fraction of sp³-hybridized carbons (Fsp3) is 0.750. The van der Waals surface area contributed by atoms with Crippen LogP contribution >= 0.6 is 0 Å². The highest BCUT2D eigenvalue weighted by Gasteiger charge is 2.27. The van der Waals surface area contributed by atoms with Crippen LogP contribution in [0.2, 0.25) is 0 Å². The van der Waals surface area contributed by atoms with Crippen LogP contribution in [0.25, 0.3) is 0 Å². The SMILES string of the molecule is CC1CNCC1c1nncn1C. The highest BCUT2D eigenvalue weighted by Crippen LogP contribution is 2.24. The lowest BCUT2D eigenvalue weighted by Crippen LogP contribution is -2.12. The zero-order valence-electron chi connectivity index (χ0n) is 7.49. The van der Waals surface area contributed by atoms with Gasteiger partial charge in [-0.2, -0.15) is 0 Å². The van der Waals surface area contributed by atoms with Crippen LogP contribution in [0.4, 0.5) is 0 Å². The van der Waals surface area contributed by atoms with E-state index >= 15 is 0 Å². The van der Waals surface area contributed by atoms with Crippen molar-refractivity contribution in [2.75, 3.05) is 13.1 Å². The number of aromatic nitrogens is 3. The molecule has 1 fully saturated rings. The van der Waals surface area contributed by atoms with Crippen LogP contribution in [0.5, 0.6) is 0 Å². The van der Waals surface area contributed by atoms with Gasteiger partial charge in [-0.15, -0.1) is 10.2 Å². The Hall–Kier alpha value is -0.900. The van der Waals surface area contributed by atoms with Crippen LogP contribution < -0.4 is 5.32 Å². The number of nitrogens with one attached hydrogen (secondary N) is 1. The van der Waals surface area contributed by atoms with E-state index in [1.807, 2.05) is 11.6 Å². The van der Waals surface area contributed by atoms with Crippen LogP contribution in [0.1, 0.15) is 18.7 Å². The molecule has 1 N–H and O–H groups in total. The van der Waals surface area contributed by atoms with Crippen molar-refractivity contribution in [3.63, 3.8) is 0 Å². The summed E-state index contributed by atoms with van der Waals surface area (Å²) in [5, 5.41) is 11.4. The van der Waals surface area contributed by atoms with Crippen molar-refractivity contribution < 1.29 is 0 Å². The minimum absolute atomic E-state index is 0.539. The van der Waals surface area contributed by atoms with E-state index in [0.717, 1.165) is 18.9 Å². The minimum atomic E-state index is 0.539. The van der Waals surface area contributed by atoms with E-state index < -0.39 is 0 Å². The molecule has 0 aliphatic carbocycles. The average Bonchev–Trinajstić information content (AvgIpc) is 2.59. The van der Waals surface area contributed by atoms with Crippen molar-refractivity contribution in [2.45, 2.75) is 12.8 Å². The second-order valence-electron chi connectivity index (χ2n) is 3.54. The Morgan fingerprint density at radius 2 is 2.42 bits per heavy atom. The van der Waals surface area contributed by atoms with E-state index in [2.05, 4.69) is 22.4 Å². The lowest BCUT2D eigenvalue weighted by atomic mass is 9.97.